The van der Waals surface area contributed by atoms with Crippen LogP contribution in [-0.2, 0) is 6.42 Å². The van der Waals surface area contributed by atoms with Gasteiger partial charge in [0.2, 0.25) is 0 Å². The Kier molecular flexibility index (Phi) is 5.14. The van der Waals surface area contributed by atoms with Crippen LogP contribution in [0.4, 0.5) is 0 Å². The van der Waals surface area contributed by atoms with Crippen molar-refractivity contribution in [3.05, 3.63) is 63.1 Å². The number of methoxy groups -OCH3 is 1. The first kappa shape index (κ1) is 14.7. The Morgan fingerprint density at radius 2 is 1.84 bits per heavy atom. The van der Waals surface area contributed by atoms with E-state index in [4.69, 9.17) is 27.9 Å². The second kappa shape index (κ2) is 6.65. The first-order valence-corrected chi connectivity index (χ1v) is 7.43. The van der Waals surface area contributed by atoms with Crippen LogP contribution in [-0.4, -0.2) is 7.11 Å². The Bertz CT molecular complexity index is 555. The van der Waals surface area contributed by atoms with Gasteiger partial charge in [0, 0.05) is 9.50 Å². The van der Waals surface area contributed by atoms with Crippen LogP contribution in [0.2, 0.25) is 5.02 Å². The van der Waals surface area contributed by atoms with Crippen LogP contribution in [0.5, 0.6) is 5.75 Å². The van der Waals surface area contributed by atoms with E-state index in [1.54, 1.807) is 7.11 Å². The third-order valence-electron chi connectivity index (χ3n) is 2.87. The quantitative estimate of drug-likeness (QED) is 0.642. The molecule has 19 heavy (non-hydrogen) atoms. The van der Waals surface area contributed by atoms with Gasteiger partial charge in [0.15, 0.2) is 0 Å². The molecule has 0 spiro atoms. The maximum Gasteiger partial charge on any atom is 0.118 e. The van der Waals surface area contributed by atoms with Crippen LogP contribution >= 0.6 is 39.1 Å². The van der Waals surface area contributed by atoms with Gasteiger partial charge in [-0.25, -0.2) is 0 Å². The SMILES string of the molecule is COc1ccc(CC(Cl)c2cc(Cl)ccc2Br)cc1. The number of ether oxygens (including phenoxy) is 1. The number of hydrogen-bond acceptors (Lipinski definition) is 1. The molecule has 0 aromatic heterocycles. The van der Waals surface area contributed by atoms with Crippen molar-refractivity contribution in [3.8, 4) is 5.75 Å². The van der Waals surface area contributed by atoms with E-state index < -0.39 is 0 Å². The fourth-order valence-electron chi connectivity index (χ4n) is 1.83. The molecular weight excluding hydrogens is 347 g/mol. The van der Waals surface area contributed by atoms with Crippen molar-refractivity contribution < 1.29 is 4.74 Å². The molecular formula is C15H13BrCl2O. The lowest BCUT2D eigenvalue weighted by atomic mass is 10.0. The summed E-state index contributed by atoms with van der Waals surface area (Å²) in [7, 11) is 1.66. The Morgan fingerprint density at radius 1 is 1.16 bits per heavy atom. The average molecular weight is 360 g/mol. The monoisotopic (exact) mass is 358 g/mol. The molecule has 0 saturated heterocycles. The zero-order valence-corrected chi connectivity index (χ0v) is 13.5. The van der Waals surface area contributed by atoms with Gasteiger partial charge in [-0.15, -0.1) is 11.6 Å². The minimum absolute atomic E-state index is 0.124. The highest BCUT2D eigenvalue weighted by Gasteiger charge is 2.13. The molecule has 0 heterocycles. The number of halogens is 3. The average Bonchev–Trinajstić information content (AvgIpc) is 2.42. The Hall–Kier alpha value is -0.700. The highest BCUT2D eigenvalue weighted by Crippen LogP contribution is 2.33. The van der Waals surface area contributed by atoms with E-state index in [2.05, 4.69) is 15.9 Å². The Morgan fingerprint density at radius 3 is 2.47 bits per heavy atom. The molecule has 0 radical (unpaired) electrons. The summed E-state index contributed by atoms with van der Waals surface area (Å²) >= 11 is 16.0. The lowest BCUT2D eigenvalue weighted by molar-refractivity contribution is 0.414. The third kappa shape index (κ3) is 3.88. The fourth-order valence-corrected chi connectivity index (χ4v) is 3.03. The van der Waals surface area contributed by atoms with Crippen molar-refractivity contribution in [1.82, 2.24) is 0 Å². The van der Waals surface area contributed by atoms with Crippen LogP contribution in [0.15, 0.2) is 46.9 Å². The first-order chi connectivity index (χ1) is 9.10. The van der Waals surface area contributed by atoms with Crippen LogP contribution < -0.4 is 4.74 Å². The van der Waals surface area contributed by atoms with Gasteiger partial charge in [-0.2, -0.15) is 0 Å². The summed E-state index contributed by atoms with van der Waals surface area (Å²) in [6, 6.07) is 13.6. The van der Waals surface area contributed by atoms with Gasteiger partial charge in [0.1, 0.15) is 5.75 Å². The predicted octanol–water partition coefficient (Wildman–Crippen LogP) is 5.63. The molecule has 2 rings (SSSR count). The van der Waals surface area contributed by atoms with Gasteiger partial charge in [0.05, 0.1) is 12.5 Å². The van der Waals surface area contributed by atoms with Crippen LogP contribution in [0.25, 0.3) is 0 Å². The topological polar surface area (TPSA) is 9.23 Å². The summed E-state index contributed by atoms with van der Waals surface area (Å²) in [4.78, 5) is 0. The smallest absolute Gasteiger partial charge is 0.118 e. The lowest BCUT2D eigenvalue weighted by Crippen LogP contribution is -1.97. The van der Waals surface area contributed by atoms with Gasteiger partial charge >= 0.3 is 0 Å². The Balaban J connectivity index is 2.15. The van der Waals surface area contributed by atoms with E-state index in [9.17, 15) is 0 Å². The number of alkyl halides is 1. The highest BCUT2D eigenvalue weighted by atomic mass is 79.9. The molecule has 0 bridgehead atoms. The third-order valence-corrected chi connectivity index (χ3v) is 4.22. The molecule has 0 aliphatic rings. The predicted molar refractivity (Wildman–Crippen MR) is 84.4 cm³/mol. The van der Waals surface area contributed by atoms with Gasteiger partial charge in [-0.1, -0.05) is 39.7 Å². The summed E-state index contributed by atoms with van der Waals surface area (Å²) in [5.41, 5.74) is 2.16. The molecule has 0 aliphatic carbocycles. The molecule has 100 valence electrons. The zero-order valence-electron chi connectivity index (χ0n) is 10.4. The summed E-state index contributed by atoms with van der Waals surface area (Å²) < 4.78 is 6.11. The van der Waals surface area contributed by atoms with Crippen molar-refractivity contribution in [2.24, 2.45) is 0 Å². The van der Waals surface area contributed by atoms with E-state index in [0.717, 1.165) is 27.8 Å². The van der Waals surface area contributed by atoms with Crippen molar-refractivity contribution in [2.75, 3.05) is 7.11 Å². The number of rotatable bonds is 4. The fraction of sp³-hybridized carbons (Fsp3) is 0.200. The standard InChI is InChI=1S/C15H13BrCl2O/c1-19-12-5-2-10(3-6-12)8-15(18)13-9-11(17)4-7-14(13)16/h2-7,9,15H,8H2,1H3. The second-order valence-corrected chi connectivity index (χ2v) is 6.00. The molecule has 0 N–H and O–H groups in total. The van der Waals surface area contributed by atoms with Crippen LogP contribution in [0, 0.1) is 0 Å². The van der Waals surface area contributed by atoms with E-state index >= 15 is 0 Å². The summed E-state index contributed by atoms with van der Waals surface area (Å²) in [5, 5.41) is 0.569. The zero-order chi connectivity index (χ0) is 13.8. The van der Waals surface area contributed by atoms with Crippen molar-refractivity contribution in [2.45, 2.75) is 11.8 Å². The number of benzene rings is 2. The molecule has 0 fully saturated rings. The largest absolute Gasteiger partial charge is 0.497 e. The molecule has 2 aromatic rings. The molecule has 0 saturated carbocycles. The molecule has 4 heteroatoms. The minimum Gasteiger partial charge on any atom is -0.497 e. The van der Waals surface area contributed by atoms with Gasteiger partial charge in [0.25, 0.3) is 0 Å². The van der Waals surface area contributed by atoms with Crippen LogP contribution in [0.1, 0.15) is 16.5 Å². The normalized spacial score (nSPS) is 12.2. The maximum atomic E-state index is 6.47. The van der Waals surface area contributed by atoms with Crippen molar-refractivity contribution in [3.63, 3.8) is 0 Å². The van der Waals surface area contributed by atoms with Gasteiger partial charge < -0.3 is 4.74 Å². The van der Waals surface area contributed by atoms with Crippen LogP contribution in [0.3, 0.4) is 0 Å². The molecule has 1 unspecified atom stereocenters. The van der Waals surface area contributed by atoms with E-state index in [1.165, 1.54) is 0 Å². The first-order valence-electron chi connectivity index (χ1n) is 5.82. The molecule has 0 aliphatic heterocycles. The van der Waals surface area contributed by atoms with Crippen molar-refractivity contribution >= 4 is 39.1 Å². The number of hydrogen-bond donors (Lipinski definition) is 0. The summed E-state index contributed by atoms with van der Waals surface area (Å²) in [5.74, 6) is 0.846. The van der Waals surface area contributed by atoms with E-state index in [1.807, 2.05) is 42.5 Å². The molecule has 1 atom stereocenters. The van der Waals surface area contributed by atoms with Crippen molar-refractivity contribution in [1.29, 1.82) is 0 Å². The second-order valence-electron chi connectivity index (χ2n) is 4.19. The molecule has 2 aromatic carbocycles. The minimum atomic E-state index is -0.124. The molecule has 0 amide bonds. The maximum absolute atomic E-state index is 6.47. The van der Waals surface area contributed by atoms with E-state index in [-0.39, 0.29) is 5.38 Å². The lowest BCUT2D eigenvalue weighted by Gasteiger charge is -2.13. The highest BCUT2D eigenvalue weighted by molar-refractivity contribution is 9.10. The van der Waals surface area contributed by atoms with Gasteiger partial charge in [-0.3, -0.25) is 0 Å². The van der Waals surface area contributed by atoms with E-state index in [0.29, 0.717) is 5.02 Å². The summed E-state index contributed by atoms with van der Waals surface area (Å²) in [6.45, 7) is 0. The Labute approximate surface area is 131 Å². The molecule has 1 nitrogen and oxygen atoms in total. The summed E-state index contributed by atoms with van der Waals surface area (Å²) in [6.07, 6.45) is 0.741. The van der Waals surface area contributed by atoms with Gasteiger partial charge in [-0.05, 0) is 47.9 Å².